The van der Waals surface area contributed by atoms with E-state index in [9.17, 15) is 5.11 Å². The minimum Gasteiger partial charge on any atom is -0.508 e. The van der Waals surface area contributed by atoms with Crippen LogP contribution < -0.4 is 4.90 Å². The fraction of sp³-hybridized carbons (Fsp3) is 0.538. The van der Waals surface area contributed by atoms with Crippen LogP contribution in [0.1, 0.15) is 13.3 Å². The number of phenolic OH excluding ortho intramolecular Hbond substituents is 1. The SMILES string of the molecule is CCCN1CCN(c2cccc(O)c2)CC1. The zero-order valence-corrected chi connectivity index (χ0v) is 9.89. The smallest absolute Gasteiger partial charge is 0.117 e. The lowest BCUT2D eigenvalue weighted by molar-refractivity contribution is 0.258. The largest absolute Gasteiger partial charge is 0.508 e. The maximum absolute atomic E-state index is 9.44. The first-order valence-electron chi connectivity index (χ1n) is 6.06. The van der Waals surface area contributed by atoms with Gasteiger partial charge in [0.25, 0.3) is 0 Å². The normalized spacial score (nSPS) is 17.7. The molecule has 0 radical (unpaired) electrons. The number of phenols is 1. The van der Waals surface area contributed by atoms with E-state index in [1.165, 1.54) is 13.0 Å². The highest BCUT2D eigenvalue weighted by atomic mass is 16.3. The van der Waals surface area contributed by atoms with Gasteiger partial charge in [-0.3, -0.25) is 4.90 Å². The maximum Gasteiger partial charge on any atom is 0.117 e. The summed E-state index contributed by atoms with van der Waals surface area (Å²) in [4.78, 5) is 4.84. The van der Waals surface area contributed by atoms with Crippen LogP contribution in [0.3, 0.4) is 0 Å². The Labute approximate surface area is 97.3 Å². The average molecular weight is 220 g/mol. The zero-order valence-electron chi connectivity index (χ0n) is 9.89. The lowest BCUT2D eigenvalue weighted by atomic mass is 10.2. The van der Waals surface area contributed by atoms with Crippen LogP contribution in [0, 0.1) is 0 Å². The van der Waals surface area contributed by atoms with Crippen LogP contribution in [0.4, 0.5) is 5.69 Å². The maximum atomic E-state index is 9.44. The second-order valence-electron chi connectivity index (χ2n) is 4.35. The molecule has 16 heavy (non-hydrogen) atoms. The molecule has 0 atom stereocenters. The Morgan fingerprint density at radius 1 is 1.19 bits per heavy atom. The predicted octanol–water partition coefficient (Wildman–Crippen LogP) is 1.92. The summed E-state index contributed by atoms with van der Waals surface area (Å²) in [7, 11) is 0. The predicted molar refractivity (Wildman–Crippen MR) is 67.1 cm³/mol. The molecular weight excluding hydrogens is 200 g/mol. The highest BCUT2D eigenvalue weighted by molar-refractivity contribution is 5.50. The zero-order chi connectivity index (χ0) is 11.4. The second kappa shape index (κ2) is 5.21. The molecule has 2 rings (SSSR count). The fourth-order valence-electron chi connectivity index (χ4n) is 2.24. The number of aromatic hydroxyl groups is 1. The molecule has 1 aliphatic rings. The van der Waals surface area contributed by atoms with Gasteiger partial charge < -0.3 is 10.0 Å². The molecule has 1 aromatic rings. The van der Waals surface area contributed by atoms with E-state index in [1.54, 1.807) is 6.07 Å². The lowest BCUT2D eigenvalue weighted by Gasteiger charge is -2.36. The van der Waals surface area contributed by atoms with Gasteiger partial charge in [0.2, 0.25) is 0 Å². The minimum atomic E-state index is 0.355. The third-order valence-corrected chi connectivity index (χ3v) is 3.11. The summed E-state index contributed by atoms with van der Waals surface area (Å²) >= 11 is 0. The molecule has 3 nitrogen and oxygen atoms in total. The molecule has 0 bridgehead atoms. The molecule has 0 unspecified atom stereocenters. The Morgan fingerprint density at radius 2 is 1.94 bits per heavy atom. The van der Waals surface area contributed by atoms with Gasteiger partial charge in [0.1, 0.15) is 5.75 Å². The monoisotopic (exact) mass is 220 g/mol. The Hall–Kier alpha value is -1.22. The van der Waals surface area contributed by atoms with Crippen LogP contribution in [0.2, 0.25) is 0 Å². The summed E-state index contributed by atoms with van der Waals surface area (Å²) in [5.74, 6) is 0.355. The van der Waals surface area contributed by atoms with Gasteiger partial charge in [0.15, 0.2) is 0 Å². The van der Waals surface area contributed by atoms with Crippen molar-refractivity contribution in [2.45, 2.75) is 13.3 Å². The molecule has 88 valence electrons. The molecule has 0 amide bonds. The van der Waals surface area contributed by atoms with E-state index in [0.717, 1.165) is 31.9 Å². The van der Waals surface area contributed by atoms with Crippen molar-refractivity contribution in [1.82, 2.24) is 4.90 Å². The summed E-state index contributed by atoms with van der Waals surface area (Å²) in [6.45, 7) is 7.80. The topological polar surface area (TPSA) is 26.7 Å². The first-order valence-corrected chi connectivity index (χ1v) is 6.06. The van der Waals surface area contributed by atoms with Gasteiger partial charge in [-0.25, -0.2) is 0 Å². The van der Waals surface area contributed by atoms with E-state index in [-0.39, 0.29) is 0 Å². The Kier molecular flexibility index (Phi) is 3.67. The van der Waals surface area contributed by atoms with E-state index in [2.05, 4.69) is 22.8 Å². The van der Waals surface area contributed by atoms with Crippen molar-refractivity contribution >= 4 is 5.69 Å². The molecular formula is C13H20N2O. The van der Waals surface area contributed by atoms with Crippen molar-refractivity contribution in [3.05, 3.63) is 24.3 Å². The fourth-order valence-corrected chi connectivity index (χ4v) is 2.24. The van der Waals surface area contributed by atoms with Crippen LogP contribution in [0.15, 0.2) is 24.3 Å². The highest BCUT2D eigenvalue weighted by Crippen LogP contribution is 2.21. The van der Waals surface area contributed by atoms with Crippen LogP contribution in [-0.4, -0.2) is 42.7 Å². The summed E-state index contributed by atoms with van der Waals surface area (Å²) in [6, 6.07) is 7.53. The molecule has 1 aliphatic heterocycles. The number of nitrogens with zero attached hydrogens (tertiary/aromatic N) is 2. The third-order valence-electron chi connectivity index (χ3n) is 3.11. The van der Waals surface area contributed by atoms with Gasteiger partial charge in [-0.2, -0.15) is 0 Å². The molecule has 3 heteroatoms. The number of anilines is 1. The molecule has 1 heterocycles. The number of benzene rings is 1. The van der Waals surface area contributed by atoms with Crippen molar-refractivity contribution in [3.63, 3.8) is 0 Å². The summed E-state index contributed by atoms with van der Waals surface area (Å²) < 4.78 is 0. The summed E-state index contributed by atoms with van der Waals surface area (Å²) in [5.41, 5.74) is 1.14. The second-order valence-corrected chi connectivity index (χ2v) is 4.35. The Bertz CT molecular complexity index is 332. The standard InChI is InChI=1S/C13H20N2O/c1-2-6-14-7-9-15(10-8-14)12-4-3-5-13(16)11-12/h3-5,11,16H,2,6-10H2,1H3. The third kappa shape index (κ3) is 2.67. The molecule has 0 aliphatic carbocycles. The Balaban J connectivity index is 1.94. The number of hydrogen-bond acceptors (Lipinski definition) is 3. The van der Waals surface area contributed by atoms with E-state index in [0.29, 0.717) is 5.75 Å². The van der Waals surface area contributed by atoms with Gasteiger partial charge in [-0.1, -0.05) is 13.0 Å². The van der Waals surface area contributed by atoms with E-state index < -0.39 is 0 Å². The van der Waals surface area contributed by atoms with E-state index in [4.69, 9.17) is 0 Å². The molecule has 1 fully saturated rings. The number of piperazine rings is 1. The quantitative estimate of drug-likeness (QED) is 0.843. The first kappa shape index (κ1) is 11.3. The van der Waals surface area contributed by atoms with Gasteiger partial charge in [0, 0.05) is 37.9 Å². The summed E-state index contributed by atoms with van der Waals surface area (Å²) in [6.07, 6.45) is 1.23. The van der Waals surface area contributed by atoms with Crippen molar-refractivity contribution in [2.24, 2.45) is 0 Å². The van der Waals surface area contributed by atoms with E-state index >= 15 is 0 Å². The molecule has 1 aromatic carbocycles. The first-order chi connectivity index (χ1) is 7.79. The highest BCUT2D eigenvalue weighted by Gasteiger charge is 2.16. The van der Waals surface area contributed by atoms with Gasteiger partial charge in [0.05, 0.1) is 0 Å². The molecule has 0 aromatic heterocycles. The molecule has 1 saturated heterocycles. The van der Waals surface area contributed by atoms with Crippen molar-refractivity contribution < 1.29 is 5.11 Å². The minimum absolute atomic E-state index is 0.355. The van der Waals surface area contributed by atoms with Crippen LogP contribution in [0.5, 0.6) is 5.75 Å². The van der Waals surface area contributed by atoms with E-state index in [1.807, 2.05) is 12.1 Å². The van der Waals surface area contributed by atoms with Crippen LogP contribution in [-0.2, 0) is 0 Å². The number of hydrogen-bond donors (Lipinski definition) is 1. The van der Waals surface area contributed by atoms with Gasteiger partial charge >= 0.3 is 0 Å². The molecule has 0 saturated carbocycles. The molecule has 0 spiro atoms. The van der Waals surface area contributed by atoms with Crippen LogP contribution in [0.25, 0.3) is 0 Å². The van der Waals surface area contributed by atoms with Crippen molar-refractivity contribution in [3.8, 4) is 5.75 Å². The van der Waals surface area contributed by atoms with Gasteiger partial charge in [-0.15, -0.1) is 0 Å². The Morgan fingerprint density at radius 3 is 2.56 bits per heavy atom. The van der Waals surface area contributed by atoms with Crippen molar-refractivity contribution in [2.75, 3.05) is 37.6 Å². The number of rotatable bonds is 3. The molecule has 1 N–H and O–H groups in total. The van der Waals surface area contributed by atoms with Gasteiger partial charge in [-0.05, 0) is 25.1 Å². The summed E-state index contributed by atoms with van der Waals surface area (Å²) in [5, 5.41) is 9.44. The lowest BCUT2D eigenvalue weighted by Crippen LogP contribution is -2.46. The average Bonchev–Trinajstić information content (AvgIpc) is 2.30. The van der Waals surface area contributed by atoms with Crippen molar-refractivity contribution in [1.29, 1.82) is 0 Å². The van der Waals surface area contributed by atoms with Crippen LogP contribution >= 0.6 is 0 Å².